The summed E-state index contributed by atoms with van der Waals surface area (Å²) in [4.78, 5) is 0. The summed E-state index contributed by atoms with van der Waals surface area (Å²) in [6, 6.07) is 1.15. The zero-order valence-corrected chi connectivity index (χ0v) is 9.95. The predicted molar refractivity (Wildman–Crippen MR) is 62.3 cm³/mol. The van der Waals surface area contributed by atoms with Crippen LogP contribution in [0.25, 0.3) is 0 Å². The van der Waals surface area contributed by atoms with Gasteiger partial charge in [0.25, 0.3) is 0 Å². The first-order valence-corrected chi connectivity index (χ1v) is 6.84. The molecule has 0 saturated carbocycles. The van der Waals surface area contributed by atoms with Gasteiger partial charge in [-0.15, -0.1) is 0 Å². The van der Waals surface area contributed by atoms with Crippen molar-refractivity contribution in [3.63, 3.8) is 0 Å². The molecule has 3 fully saturated rings. The first-order chi connectivity index (χ1) is 7.73. The Bertz CT molecular complexity index is 238. The molecule has 0 spiro atoms. The van der Waals surface area contributed by atoms with Crippen molar-refractivity contribution < 1.29 is 9.84 Å². The van der Waals surface area contributed by atoms with Crippen LogP contribution in [-0.4, -0.2) is 35.5 Å². The van der Waals surface area contributed by atoms with Crippen LogP contribution in [0.15, 0.2) is 0 Å². The van der Waals surface area contributed by atoms with Crippen molar-refractivity contribution in [3.8, 4) is 0 Å². The van der Waals surface area contributed by atoms with E-state index in [1.54, 1.807) is 0 Å². The monoisotopic (exact) mass is 225 g/mol. The van der Waals surface area contributed by atoms with Crippen LogP contribution in [0.1, 0.15) is 51.4 Å². The van der Waals surface area contributed by atoms with Crippen molar-refractivity contribution in [3.05, 3.63) is 0 Å². The molecule has 3 heterocycles. The second-order valence-corrected chi connectivity index (χ2v) is 5.94. The van der Waals surface area contributed by atoms with Crippen LogP contribution in [0.4, 0.5) is 0 Å². The Morgan fingerprint density at radius 3 is 2.56 bits per heavy atom. The molecular formula is C13H23NO2. The van der Waals surface area contributed by atoms with Crippen LogP contribution in [0.5, 0.6) is 0 Å². The third-order valence-corrected chi connectivity index (χ3v) is 4.54. The van der Waals surface area contributed by atoms with E-state index in [0.717, 1.165) is 32.3 Å². The molecule has 3 aliphatic rings. The Morgan fingerprint density at radius 1 is 1.19 bits per heavy atom. The van der Waals surface area contributed by atoms with Crippen LogP contribution >= 0.6 is 0 Å². The van der Waals surface area contributed by atoms with Gasteiger partial charge in [0.05, 0.1) is 11.7 Å². The van der Waals surface area contributed by atoms with Gasteiger partial charge in [-0.25, -0.2) is 0 Å². The molecule has 3 heteroatoms. The summed E-state index contributed by atoms with van der Waals surface area (Å²) in [6.45, 7) is 0.926. The SMILES string of the molecule is OC1(CCC2CCCO2)CC2CCC(C1)N2. The molecule has 3 saturated heterocycles. The fourth-order valence-corrected chi connectivity index (χ4v) is 3.73. The molecule has 0 aliphatic carbocycles. The average Bonchev–Trinajstić information content (AvgIpc) is 2.86. The lowest BCUT2D eigenvalue weighted by molar-refractivity contribution is -0.0268. The van der Waals surface area contributed by atoms with Gasteiger partial charge in [-0.3, -0.25) is 0 Å². The second-order valence-electron chi connectivity index (χ2n) is 5.94. The van der Waals surface area contributed by atoms with E-state index in [1.165, 1.54) is 25.7 Å². The highest BCUT2D eigenvalue weighted by Crippen LogP contribution is 2.37. The van der Waals surface area contributed by atoms with Crippen molar-refractivity contribution in [2.24, 2.45) is 0 Å². The molecule has 3 unspecified atom stereocenters. The third-order valence-electron chi connectivity index (χ3n) is 4.54. The topological polar surface area (TPSA) is 41.5 Å². The highest BCUT2D eigenvalue weighted by atomic mass is 16.5. The van der Waals surface area contributed by atoms with Crippen molar-refractivity contribution in [2.45, 2.75) is 75.2 Å². The molecule has 3 aliphatic heterocycles. The second kappa shape index (κ2) is 4.28. The Hall–Kier alpha value is -0.120. The Kier molecular flexibility index (Phi) is 2.94. The van der Waals surface area contributed by atoms with Crippen molar-refractivity contribution in [1.82, 2.24) is 5.32 Å². The van der Waals surface area contributed by atoms with E-state index in [9.17, 15) is 5.11 Å². The smallest absolute Gasteiger partial charge is 0.0678 e. The van der Waals surface area contributed by atoms with E-state index in [0.29, 0.717) is 18.2 Å². The van der Waals surface area contributed by atoms with Gasteiger partial charge in [-0.2, -0.15) is 0 Å². The Balaban J connectivity index is 1.52. The number of nitrogens with one attached hydrogen (secondary N) is 1. The maximum Gasteiger partial charge on any atom is 0.0678 e. The largest absolute Gasteiger partial charge is 0.390 e. The normalized spacial score (nSPS) is 47.4. The van der Waals surface area contributed by atoms with E-state index < -0.39 is 5.60 Å². The standard InChI is InChI=1S/C13H23NO2/c15-13(6-5-12-2-1-7-16-12)8-10-3-4-11(9-13)14-10/h10-12,14-15H,1-9H2. The maximum absolute atomic E-state index is 10.6. The van der Waals surface area contributed by atoms with Gasteiger partial charge in [0.2, 0.25) is 0 Å². The van der Waals surface area contributed by atoms with Crippen LogP contribution < -0.4 is 5.32 Å². The van der Waals surface area contributed by atoms with Gasteiger partial charge in [0.1, 0.15) is 0 Å². The number of piperidine rings is 1. The molecule has 3 rings (SSSR count). The summed E-state index contributed by atoms with van der Waals surface area (Å²) < 4.78 is 5.63. The lowest BCUT2D eigenvalue weighted by Crippen LogP contribution is -2.48. The number of ether oxygens (including phenoxy) is 1. The molecule has 0 aromatic rings. The predicted octanol–water partition coefficient (Wildman–Crippen LogP) is 1.59. The molecule has 2 bridgehead atoms. The summed E-state index contributed by atoms with van der Waals surface area (Å²) in [6.07, 6.45) is 9.24. The summed E-state index contributed by atoms with van der Waals surface area (Å²) in [5, 5.41) is 14.2. The zero-order valence-electron chi connectivity index (χ0n) is 9.95. The van der Waals surface area contributed by atoms with Crippen LogP contribution in [0.3, 0.4) is 0 Å². The highest BCUT2D eigenvalue weighted by Gasteiger charge is 2.42. The molecule has 2 N–H and O–H groups in total. The molecular weight excluding hydrogens is 202 g/mol. The van der Waals surface area contributed by atoms with E-state index in [-0.39, 0.29) is 0 Å². The van der Waals surface area contributed by atoms with E-state index in [4.69, 9.17) is 4.74 Å². The minimum Gasteiger partial charge on any atom is -0.390 e. The Morgan fingerprint density at radius 2 is 1.94 bits per heavy atom. The van der Waals surface area contributed by atoms with Crippen molar-refractivity contribution >= 4 is 0 Å². The maximum atomic E-state index is 10.6. The lowest BCUT2D eigenvalue weighted by Gasteiger charge is -2.37. The summed E-state index contributed by atoms with van der Waals surface area (Å²) in [7, 11) is 0. The van der Waals surface area contributed by atoms with Gasteiger partial charge in [0, 0.05) is 18.7 Å². The summed E-state index contributed by atoms with van der Waals surface area (Å²) in [5.41, 5.74) is -0.400. The fraction of sp³-hybridized carbons (Fsp3) is 1.00. The summed E-state index contributed by atoms with van der Waals surface area (Å²) >= 11 is 0. The first kappa shape index (κ1) is 11.0. The zero-order chi connectivity index (χ0) is 11.0. The fourth-order valence-electron chi connectivity index (χ4n) is 3.73. The third kappa shape index (κ3) is 2.27. The molecule has 16 heavy (non-hydrogen) atoms. The molecule has 0 amide bonds. The average molecular weight is 225 g/mol. The number of rotatable bonds is 3. The summed E-state index contributed by atoms with van der Waals surface area (Å²) in [5.74, 6) is 0. The van der Waals surface area contributed by atoms with Crippen LogP contribution in [0.2, 0.25) is 0 Å². The van der Waals surface area contributed by atoms with Crippen molar-refractivity contribution in [2.75, 3.05) is 6.61 Å². The van der Waals surface area contributed by atoms with Gasteiger partial charge < -0.3 is 15.2 Å². The number of fused-ring (bicyclic) bond motifs is 2. The number of aliphatic hydroxyl groups is 1. The molecule has 0 aromatic heterocycles. The van der Waals surface area contributed by atoms with Gasteiger partial charge >= 0.3 is 0 Å². The minimum absolute atomic E-state index is 0.400. The molecule has 3 nitrogen and oxygen atoms in total. The minimum atomic E-state index is -0.400. The highest BCUT2D eigenvalue weighted by molar-refractivity contribution is 5.00. The van der Waals surface area contributed by atoms with Crippen LogP contribution in [0, 0.1) is 0 Å². The van der Waals surface area contributed by atoms with Gasteiger partial charge in [-0.1, -0.05) is 0 Å². The van der Waals surface area contributed by atoms with Crippen molar-refractivity contribution in [1.29, 1.82) is 0 Å². The van der Waals surface area contributed by atoms with E-state index in [1.807, 2.05) is 0 Å². The molecule has 92 valence electrons. The Labute approximate surface area is 97.6 Å². The van der Waals surface area contributed by atoms with E-state index in [2.05, 4.69) is 5.32 Å². The first-order valence-electron chi connectivity index (χ1n) is 6.84. The lowest BCUT2D eigenvalue weighted by atomic mass is 9.83. The number of hydrogen-bond acceptors (Lipinski definition) is 3. The quantitative estimate of drug-likeness (QED) is 0.766. The number of hydrogen-bond donors (Lipinski definition) is 2. The molecule has 3 atom stereocenters. The molecule has 0 radical (unpaired) electrons. The van der Waals surface area contributed by atoms with Gasteiger partial charge in [0.15, 0.2) is 0 Å². The molecule has 0 aromatic carbocycles. The van der Waals surface area contributed by atoms with Crippen LogP contribution in [-0.2, 0) is 4.74 Å². The van der Waals surface area contributed by atoms with Gasteiger partial charge in [-0.05, 0) is 51.4 Å². The van der Waals surface area contributed by atoms with E-state index >= 15 is 0 Å².